The fourth-order valence-electron chi connectivity index (χ4n) is 2.55. The van der Waals surface area contributed by atoms with Crippen molar-refractivity contribution in [2.45, 2.75) is 23.8 Å². The average Bonchev–Trinajstić information content (AvgIpc) is 3.20. The van der Waals surface area contributed by atoms with E-state index in [1.165, 1.54) is 12.4 Å². The number of H-pyrrole nitrogens is 1. The van der Waals surface area contributed by atoms with Gasteiger partial charge in [-0.15, -0.1) is 0 Å². The number of carbonyl (C=O) groups excluding carboxylic acids is 1. The summed E-state index contributed by atoms with van der Waals surface area (Å²) in [7, 11) is -3.48. The van der Waals surface area contributed by atoms with Crippen molar-refractivity contribution >= 4 is 15.7 Å². The Morgan fingerprint density at radius 2 is 1.86 bits per heavy atom. The maximum atomic E-state index is 12.2. The standard InChI is InChI=1S/C15H17N3O3S/c19-14(18-9-1-2-10-18)13-5-3-12(4-6-13)11-22(20,21)15-16-7-8-17-15/h3-8H,1-2,9-11H2,(H,16,17). The number of amides is 1. The van der Waals surface area contributed by atoms with Gasteiger partial charge in [0.05, 0.1) is 5.75 Å². The van der Waals surface area contributed by atoms with Crippen LogP contribution in [0.5, 0.6) is 0 Å². The summed E-state index contributed by atoms with van der Waals surface area (Å²) in [6.07, 6.45) is 4.98. The number of aromatic nitrogens is 2. The molecule has 6 nitrogen and oxygen atoms in total. The third-order valence-electron chi connectivity index (χ3n) is 3.72. The van der Waals surface area contributed by atoms with Gasteiger partial charge in [0, 0.05) is 31.0 Å². The Hall–Kier alpha value is -2.15. The van der Waals surface area contributed by atoms with E-state index in [0.29, 0.717) is 11.1 Å². The normalized spacial score (nSPS) is 15.2. The van der Waals surface area contributed by atoms with Gasteiger partial charge < -0.3 is 9.88 Å². The first-order chi connectivity index (χ1) is 10.6. The monoisotopic (exact) mass is 319 g/mol. The number of likely N-dealkylation sites (tertiary alicyclic amines) is 1. The van der Waals surface area contributed by atoms with Gasteiger partial charge in [-0.2, -0.15) is 0 Å². The summed E-state index contributed by atoms with van der Waals surface area (Å²) in [6.45, 7) is 1.60. The molecule has 0 spiro atoms. The zero-order chi connectivity index (χ0) is 15.6. The van der Waals surface area contributed by atoms with Gasteiger partial charge in [-0.1, -0.05) is 12.1 Å². The SMILES string of the molecule is O=C(c1ccc(CS(=O)(=O)c2ncc[nH]2)cc1)N1CCCC1. The summed E-state index contributed by atoms with van der Waals surface area (Å²) in [4.78, 5) is 20.4. The number of rotatable bonds is 4. The van der Waals surface area contributed by atoms with Gasteiger partial charge in [0.25, 0.3) is 5.91 Å². The first-order valence-electron chi connectivity index (χ1n) is 7.17. The molecule has 7 heteroatoms. The van der Waals surface area contributed by atoms with E-state index in [1.807, 2.05) is 4.90 Å². The molecule has 2 aromatic rings. The van der Waals surface area contributed by atoms with Crippen LogP contribution in [-0.4, -0.2) is 42.3 Å². The lowest BCUT2D eigenvalue weighted by Crippen LogP contribution is -2.27. The van der Waals surface area contributed by atoms with E-state index in [9.17, 15) is 13.2 Å². The molecule has 1 aliphatic heterocycles. The summed E-state index contributed by atoms with van der Waals surface area (Å²) in [6, 6.07) is 6.74. The largest absolute Gasteiger partial charge is 0.339 e. The maximum Gasteiger partial charge on any atom is 0.253 e. The Morgan fingerprint density at radius 1 is 1.18 bits per heavy atom. The number of hydrogen-bond donors (Lipinski definition) is 1. The van der Waals surface area contributed by atoms with E-state index < -0.39 is 9.84 Å². The third kappa shape index (κ3) is 3.04. The Morgan fingerprint density at radius 3 is 2.45 bits per heavy atom. The number of sulfone groups is 1. The number of imidazole rings is 1. The van der Waals surface area contributed by atoms with Gasteiger partial charge in [-0.05, 0) is 30.5 Å². The summed E-state index contributed by atoms with van der Waals surface area (Å²) in [5, 5.41) is -0.0373. The van der Waals surface area contributed by atoms with Crippen LogP contribution in [0.4, 0.5) is 0 Å². The molecule has 1 aromatic carbocycles. The van der Waals surface area contributed by atoms with Crippen LogP contribution in [0.3, 0.4) is 0 Å². The number of carbonyl (C=O) groups is 1. The molecule has 116 valence electrons. The van der Waals surface area contributed by atoms with Crippen LogP contribution in [0, 0.1) is 0 Å². The zero-order valence-corrected chi connectivity index (χ0v) is 12.8. The highest BCUT2D eigenvalue weighted by molar-refractivity contribution is 7.90. The van der Waals surface area contributed by atoms with Crippen molar-refractivity contribution in [3.8, 4) is 0 Å². The highest BCUT2D eigenvalue weighted by Crippen LogP contribution is 2.16. The highest BCUT2D eigenvalue weighted by atomic mass is 32.2. The quantitative estimate of drug-likeness (QED) is 0.928. The molecule has 2 heterocycles. The summed E-state index contributed by atoms with van der Waals surface area (Å²) in [5.74, 6) is -0.128. The molecule has 1 saturated heterocycles. The topological polar surface area (TPSA) is 83.1 Å². The fraction of sp³-hybridized carbons (Fsp3) is 0.333. The second-order valence-electron chi connectivity index (χ2n) is 5.35. The Labute approximate surface area is 129 Å². The van der Waals surface area contributed by atoms with Crippen LogP contribution in [0.15, 0.2) is 41.8 Å². The predicted octanol–water partition coefficient (Wildman–Crippen LogP) is 1.62. The maximum absolute atomic E-state index is 12.2. The molecule has 0 bridgehead atoms. The van der Waals surface area contributed by atoms with Gasteiger partial charge in [-0.3, -0.25) is 4.79 Å². The minimum absolute atomic E-state index is 0.0120. The molecular formula is C15H17N3O3S. The molecule has 1 N–H and O–H groups in total. The van der Waals surface area contributed by atoms with E-state index in [0.717, 1.165) is 25.9 Å². The lowest BCUT2D eigenvalue weighted by Gasteiger charge is -2.15. The van der Waals surface area contributed by atoms with E-state index in [-0.39, 0.29) is 16.8 Å². The van der Waals surface area contributed by atoms with Crippen LogP contribution >= 0.6 is 0 Å². The molecular weight excluding hydrogens is 302 g/mol. The second kappa shape index (κ2) is 5.92. The molecule has 0 saturated carbocycles. The summed E-state index contributed by atoms with van der Waals surface area (Å²) in [5.41, 5.74) is 1.23. The molecule has 1 fully saturated rings. The van der Waals surface area contributed by atoms with Crippen LogP contribution in [-0.2, 0) is 15.6 Å². The van der Waals surface area contributed by atoms with E-state index >= 15 is 0 Å². The van der Waals surface area contributed by atoms with Crippen molar-refractivity contribution in [1.29, 1.82) is 0 Å². The van der Waals surface area contributed by atoms with Crippen LogP contribution in [0.1, 0.15) is 28.8 Å². The first-order valence-corrected chi connectivity index (χ1v) is 8.82. The van der Waals surface area contributed by atoms with Crippen LogP contribution in [0.25, 0.3) is 0 Å². The fourth-order valence-corrected chi connectivity index (χ4v) is 3.79. The molecule has 0 radical (unpaired) electrons. The number of nitrogens with one attached hydrogen (secondary N) is 1. The number of nitrogens with zero attached hydrogens (tertiary/aromatic N) is 2. The van der Waals surface area contributed by atoms with Crippen molar-refractivity contribution < 1.29 is 13.2 Å². The Bertz CT molecular complexity index is 746. The molecule has 0 unspecified atom stereocenters. The summed E-state index contributed by atoms with van der Waals surface area (Å²) < 4.78 is 24.2. The highest BCUT2D eigenvalue weighted by Gasteiger charge is 2.20. The van der Waals surface area contributed by atoms with E-state index in [1.54, 1.807) is 24.3 Å². The van der Waals surface area contributed by atoms with E-state index in [2.05, 4.69) is 9.97 Å². The minimum atomic E-state index is -3.48. The molecule has 0 atom stereocenters. The number of hydrogen-bond acceptors (Lipinski definition) is 4. The molecule has 22 heavy (non-hydrogen) atoms. The van der Waals surface area contributed by atoms with Crippen LogP contribution < -0.4 is 0 Å². The predicted molar refractivity (Wildman–Crippen MR) is 81.1 cm³/mol. The lowest BCUT2D eigenvalue weighted by atomic mass is 10.1. The van der Waals surface area contributed by atoms with Gasteiger partial charge in [0.15, 0.2) is 0 Å². The molecule has 1 aromatic heterocycles. The van der Waals surface area contributed by atoms with Crippen molar-refractivity contribution in [2.75, 3.05) is 13.1 Å². The molecule has 1 aliphatic rings. The average molecular weight is 319 g/mol. The van der Waals surface area contributed by atoms with E-state index in [4.69, 9.17) is 0 Å². The number of aromatic amines is 1. The lowest BCUT2D eigenvalue weighted by molar-refractivity contribution is 0.0793. The molecule has 1 amide bonds. The van der Waals surface area contributed by atoms with Crippen LogP contribution in [0.2, 0.25) is 0 Å². The van der Waals surface area contributed by atoms with Gasteiger partial charge >= 0.3 is 0 Å². The summed E-state index contributed by atoms with van der Waals surface area (Å²) >= 11 is 0. The molecule has 3 rings (SSSR count). The number of benzene rings is 1. The zero-order valence-electron chi connectivity index (χ0n) is 12.0. The van der Waals surface area contributed by atoms with Crippen molar-refractivity contribution in [3.63, 3.8) is 0 Å². The Balaban J connectivity index is 1.73. The third-order valence-corrected chi connectivity index (χ3v) is 5.24. The minimum Gasteiger partial charge on any atom is -0.339 e. The first kappa shape index (κ1) is 14.8. The van der Waals surface area contributed by atoms with Gasteiger partial charge in [0.1, 0.15) is 0 Å². The van der Waals surface area contributed by atoms with Crippen molar-refractivity contribution in [3.05, 3.63) is 47.8 Å². The second-order valence-corrected chi connectivity index (χ2v) is 7.25. The van der Waals surface area contributed by atoms with Gasteiger partial charge in [0.2, 0.25) is 15.0 Å². The van der Waals surface area contributed by atoms with Crippen molar-refractivity contribution in [1.82, 2.24) is 14.9 Å². The smallest absolute Gasteiger partial charge is 0.253 e. The van der Waals surface area contributed by atoms with Crippen molar-refractivity contribution in [2.24, 2.45) is 0 Å². The van der Waals surface area contributed by atoms with Gasteiger partial charge in [-0.25, -0.2) is 13.4 Å². The molecule has 0 aliphatic carbocycles. The Kier molecular flexibility index (Phi) is 3.98.